The molecule has 2 fully saturated rings. The van der Waals surface area contributed by atoms with E-state index >= 15 is 0 Å². The summed E-state index contributed by atoms with van der Waals surface area (Å²) in [5, 5.41) is 0. The number of halogens is 3. The zero-order valence-corrected chi connectivity index (χ0v) is 12.2. The van der Waals surface area contributed by atoms with Crippen molar-refractivity contribution in [3.8, 4) is 0 Å². The van der Waals surface area contributed by atoms with Crippen LogP contribution in [0, 0.1) is 6.92 Å². The van der Waals surface area contributed by atoms with Gasteiger partial charge in [0.05, 0.1) is 5.56 Å². The van der Waals surface area contributed by atoms with Gasteiger partial charge in [0.25, 0.3) is 0 Å². The normalized spacial score (nSPS) is 29.6. The van der Waals surface area contributed by atoms with Crippen molar-refractivity contribution in [1.82, 2.24) is 0 Å². The quantitative estimate of drug-likeness (QED) is 0.853. The van der Waals surface area contributed by atoms with Crippen molar-refractivity contribution in [1.29, 1.82) is 0 Å². The molecule has 0 saturated carbocycles. The number of nitrogens with zero attached hydrogens (tertiary/aromatic N) is 1. The lowest BCUT2D eigenvalue weighted by Crippen LogP contribution is -2.55. The number of benzene rings is 1. The Labute approximate surface area is 123 Å². The maximum Gasteiger partial charge on any atom is 0.416 e. The SMILES string of the molecule is Cc1ccc(N2C3CCCC2CC(N)C3)cc1C(F)(F)F. The average molecular weight is 298 g/mol. The molecule has 0 spiro atoms. The number of hydrogen-bond donors (Lipinski definition) is 1. The molecule has 2 saturated heterocycles. The van der Waals surface area contributed by atoms with Gasteiger partial charge >= 0.3 is 6.18 Å². The largest absolute Gasteiger partial charge is 0.416 e. The van der Waals surface area contributed by atoms with Crippen molar-refractivity contribution < 1.29 is 13.2 Å². The Kier molecular flexibility index (Phi) is 3.64. The number of anilines is 1. The molecule has 2 aliphatic heterocycles. The predicted molar refractivity (Wildman–Crippen MR) is 77.3 cm³/mol. The number of hydrogen-bond acceptors (Lipinski definition) is 2. The molecule has 2 unspecified atom stereocenters. The van der Waals surface area contributed by atoms with Gasteiger partial charge in [-0.3, -0.25) is 0 Å². The van der Waals surface area contributed by atoms with Crippen LogP contribution in [0.15, 0.2) is 18.2 Å². The summed E-state index contributed by atoms with van der Waals surface area (Å²) in [5.74, 6) is 0. The fraction of sp³-hybridized carbons (Fsp3) is 0.625. The molecule has 2 bridgehead atoms. The molecule has 1 aromatic carbocycles. The highest BCUT2D eigenvalue weighted by Gasteiger charge is 2.39. The highest BCUT2D eigenvalue weighted by atomic mass is 19.4. The van der Waals surface area contributed by atoms with Crippen LogP contribution in [0.1, 0.15) is 43.2 Å². The van der Waals surface area contributed by atoms with Crippen molar-refractivity contribution in [2.45, 2.75) is 63.3 Å². The summed E-state index contributed by atoms with van der Waals surface area (Å²) in [4.78, 5) is 2.20. The Morgan fingerprint density at radius 1 is 1.14 bits per heavy atom. The lowest BCUT2D eigenvalue weighted by molar-refractivity contribution is -0.138. The van der Waals surface area contributed by atoms with Gasteiger partial charge in [0.1, 0.15) is 0 Å². The van der Waals surface area contributed by atoms with Crippen LogP contribution >= 0.6 is 0 Å². The van der Waals surface area contributed by atoms with Crippen LogP contribution in [0.2, 0.25) is 0 Å². The Morgan fingerprint density at radius 3 is 2.33 bits per heavy atom. The van der Waals surface area contributed by atoms with E-state index in [1.165, 1.54) is 13.0 Å². The molecular formula is C16H21F3N2. The van der Waals surface area contributed by atoms with E-state index in [0.29, 0.717) is 5.69 Å². The number of fused-ring (bicyclic) bond motifs is 2. The van der Waals surface area contributed by atoms with Gasteiger partial charge in [-0.05, 0) is 56.7 Å². The summed E-state index contributed by atoms with van der Waals surface area (Å²) in [7, 11) is 0. The Morgan fingerprint density at radius 2 is 1.76 bits per heavy atom. The summed E-state index contributed by atoms with van der Waals surface area (Å²) in [6.45, 7) is 1.51. The highest BCUT2D eigenvalue weighted by Crippen LogP contribution is 2.40. The smallest absolute Gasteiger partial charge is 0.365 e. The van der Waals surface area contributed by atoms with E-state index in [9.17, 15) is 13.2 Å². The third-order valence-corrected chi connectivity index (χ3v) is 4.84. The van der Waals surface area contributed by atoms with Crippen molar-refractivity contribution in [3.63, 3.8) is 0 Å². The highest BCUT2D eigenvalue weighted by molar-refractivity contribution is 5.54. The van der Waals surface area contributed by atoms with Gasteiger partial charge in [-0.15, -0.1) is 0 Å². The molecule has 2 heterocycles. The molecule has 1 aromatic rings. The second-order valence-corrected chi connectivity index (χ2v) is 6.37. The average Bonchev–Trinajstić information content (AvgIpc) is 2.37. The third kappa shape index (κ3) is 2.76. The van der Waals surface area contributed by atoms with E-state index in [-0.39, 0.29) is 23.7 Å². The lowest BCUT2D eigenvalue weighted by atomic mass is 9.81. The minimum absolute atomic E-state index is 0.184. The van der Waals surface area contributed by atoms with Crippen molar-refractivity contribution in [2.24, 2.45) is 5.73 Å². The maximum atomic E-state index is 13.1. The zero-order chi connectivity index (χ0) is 15.2. The maximum absolute atomic E-state index is 13.1. The summed E-state index contributed by atoms with van der Waals surface area (Å²) in [5.41, 5.74) is 6.55. The number of piperidine rings is 2. The standard InChI is InChI=1S/C16H21F3N2/c1-10-5-6-14(9-15(10)16(17,18)19)21-12-3-2-4-13(21)8-11(20)7-12/h5-6,9,11-13H,2-4,7-8,20H2,1H3. The third-order valence-electron chi connectivity index (χ3n) is 4.84. The molecule has 0 aromatic heterocycles. The van der Waals surface area contributed by atoms with Gasteiger partial charge in [-0.1, -0.05) is 6.07 Å². The second-order valence-electron chi connectivity index (χ2n) is 6.37. The van der Waals surface area contributed by atoms with Gasteiger partial charge in [-0.25, -0.2) is 0 Å². The zero-order valence-electron chi connectivity index (χ0n) is 12.2. The van der Waals surface area contributed by atoms with Gasteiger partial charge < -0.3 is 10.6 Å². The number of rotatable bonds is 1. The van der Waals surface area contributed by atoms with Crippen molar-refractivity contribution in [2.75, 3.05) is 4.90 Å². The summed E-state index contributed by atoms with van der Waals surface area (Å²) in [6.07, 6.45) is 0.675. The molecule has 21 heavy (non-hydrogen) atoms. The topological polar surface area (TPSA) is 29.3 Å². The molecule has 116 valence electrons. The van der Waals surface area contributed by atoms with Crippen molar-refractivity contribution >= 4 is 5.69 Å². The first-order chi connectivity index (χ1) is 9.86. The van der Waals surface area contributed by atoms with E-state index in [0.717, 1.165) is 32.1 Å². The van der Waals surface area contributed by atoms with Crippen LogP contribution in [0.5, 0.6) is 0 Å². The van der Waals surface area contributed by atoms with Gasteiger partial charge in [0.15, 0.2) is 0 Å². The van der Waals surface area contributed by atoms with Crippen LogP contribution in [0.3, 0.4) is 0 Å². The first kappa shape index (κ1) is 14.7. The van der Waals surface area contributed by atoms with Crippen molar-refractivity contribution in [3.05, 3.63) is 29.3 Å². The molecule has 2 nitrogen and oxygen atoms in total. The van der Waals surface area contributed by atoms with Crippen LogP contribution in [-0.2, 0) is 6.18 Å². The van der Waals surface area contributed by atoms with E-state index in [1.54, 1.807) is 6.07 Å². The summed E-state index contributed by atoms with van der Waals surface area (Å²) >= 11 is 0. The number of alkyl halides is 3. The molecule has 2 N–H and O–H groups in total. The van der Waals surface area contributed by atoms with E-state index < -0.39 is 11.7 Å². The second kappa shape index (κ2) is 5.20. The predicted octanol–water partition coefficient (Wildman–Crippen LogP) is 3.86. The van der Waals surface area contributed by atoms with Crippen LogP contribution < -0.4 is 10.6 Å². The fourth-order valence-corrected chi connectivity index (χ4v) is 3.92. The van der Waals surface area contributed by atoms with E-state index in [1.807, 2.05) is 6.07 Å². The summed E-state index contributed by atoms with van der Waals surface area (Å²) < 4.78 is 39.3. The monoisotopic (exact) mass is 298 g/mol. The fourth-order valence-electron chi connectivity index (χ4n) is 3.92. The first-order valence-electron chi connectivity index (χ1n) is 7.58. The number of aryl methyl sites for hydroxylation is 1. The molecule has 0 aliphatic carbocycles. The molecule has 0 amide bonds. The van der Waals surface area contributed by atoms with Crippen LogP contribution in [-0.4, -0.2) is 18.1 Å². The Hall–Kier alpha value is -1.23. The molecular weight excluding hydrogens is 277 g/mol. The van der Waals surface area contributed by atoms with Gasteiger partial charge in [0.2, 0.25) is 0 Å². The van der Waals surface area contributed by atoms with Crippen LogP contribution in [0.25, 0.3) is 0 Å². The first-order valence-corrected chi connectivity index (χ1v) is 7.58. The van der Waals surface area contributed by atoms with E-state index in [2.05, 4.69) is 4.90 Å². The molecule has 5 heteroatoms. The van der Waals surface area contributed by atoms with E-state index in [4.69, 9.17) is 5.73 Å². The molecule has 0 radical (unpaired) electrons. The Balaban J connectivity index is 1.97. The lowest BCUT2D eigenvalue weighted by Gasteiger charge is -2.49. The Bertz CT molecular complexity index is 513. The van der Waals surface area contributed by atoms with Gasteiger partial charge in [-0.2, -0.15) is 13.2 Å². The molecule has 2 aliphatic rings. The molecule has 3 rings (SSSR count). The minimum Gasteiger partial charge on any atom is -0.365 e. The summed E-state index contributed by atoms with van der Waals surface area (Å²) in [6, 6.07) is 5.49. The molecule has 2 atom stereocenters. The minimum atomic E-state index is -4.29. The van der Waals surface area contributed by atoms with Crippen LogP contribution in [0.4, 0.5) is 18.9 Å². The van der Waals surface area contributed by atoms with Gasteiger partial charge in [0, 0.05) is 23.8 Å². The number of nitrogens with two attached hydrogens (primary N) is 1.